The highest BCUT2D eigenvalue weighted by Crippen LogP contribution is 2.19. The van der Waals surface area contributed by atoms with E-state index in [1.54, 1.807) is 0 Å². The number of nitrogens with zero attached hydrogens (tertiary/aromatic N) is 1. The van der Waals surface area contributed by atoms with E-state index >= 15 is 0 Å². The molecular formula is C15H29Cl2N3O2. The van der Waals surface area contributed by atoms with E-state index in [-0.39, 0.29) is 36.8 Å². The lowest BCUT2D eigenvalue weighted by Crippen LogP contribution is -2.55. The summed E-state index contributed by atoms with van der Waals surface area (Å²) in [5, 5.41) is 6.57. The maximum absolute atomic E-state index is 12.3. The first-order valence-electron chi connectivity index (χ1n) is 8.19. The highest BCUT2D eigenvalue weighted by molar-refractivity contribution is 5.85. The van der Waals surface area contributed by atoms with Gasteiger partial charge >= 0.3 is 0 Å². The first-order valence-corrected chi connectivity index (χ1v) is 8.19. The number of morpholine rings is 1. The highest BCUT2D eigenvalue weighted by atomic mass is 35.5. The van der Waals surface area contributed by atoms with Gasteiger partial charge in [-0.15, -0.1) is 24.8 Å². The molecule has 1 aliphatic carbocycles. The van der Waals surface area contributed by atoms with Crippen molar-refractivity contribution < 1.29 is 9.53 Å². The third-order valence-corrected chi connectivity index (χ3v) is 4.92. The third kappa shape index (κ3) is 5.24. The van der Waals surface area contributed by atoms with Gasteiger partial charge in [0.25, 0.3) is 5.91 Å². The maximum atomic E-state index is 12.3. The fourth-order valence-corrected chi connectivity index (χ4v) is 3.70. The van der Waals surface area contributed by atoms with E-state index in [0.29, 0.717) is 18.7 Å². The zero-order valence-corrected chi connectivity index (χ0v) is 14.7. The van der Waals surface area contributed by atoms with Gasteiger partial charge in [0.2, 0.25) is 0 Å². The van der Waals surface area contributed by atoms with E-state index < -0.39 is 0 Å². The van der Waals surface area contributed by atoms with Gasteiger partial charge in [-0.05, 0) is 38.8 Å². The number of nitrogens with one attached hydrogen (secondary N) is 2. The average molecular weight is 354 g/mol. The van der Waals surface area contributed by atoms with Crippen LogP contribution in [0.3, 0.4) is 0 Å². The Hall–Kier alpha value is -0.0700. The van der Waals surface area contributed by atoms with E-state index in [4.69, 9.17) is 4.74 Å². The topological polar surface area (TPSA) is 53.6 Å². The van der Waals surface area contributed by atoms with Gasteiger partial charge in [0.05, 0.1) is 6.61 Å². The monoisotopic (exact) mass is 353 g/mol. The Bertz CT molecular complexity index is 335. The van der Waals surface area contributed by atoms with Crippen molar-refractivity contribution in [2.75, 3.05) is 32.8 Å². The van der Waals surface area contributed by atoms with E-state index in [2.05, 4.69) is 15.5 Å². The Balaban J connectivity index is 0.00000121. The van der Waals surface area contributed by atoms with Crippen LogP contribution in [0.2, 0.25) is 0 Å². The fourth-order valence-electron chi connectivity index (χ4n) is 3.70. The average Bonchev–Trinajstić information content (AvgIpc) is 3.01. The first kappa shape index (κ1) is 20.0. The number of carbonyl (C=O) groups is 1. The van der Waals surface area contributed by atoms with Crippen LogP contribution in [0, 0.1) is 0 Å². The van der Waals surface area contributed by atoms with Crippen molar-refractivity contribution in [2.45, 2.75) is 56.7 Å². The number of piperidine rings is 1. The molecule has 22 heavy (non-hydrogen) atoms. The van der Waals surface area contributed by atoms with Gasteiger partial charge in [0.15, 0.2) is 0 Å². The van der Waals surface area contributed by atoms with E-state index in [1.807, 2.05) is 0 Å². The summed E-state index contributed by atoms with van der Waals surface area (Å²) in [6, 6.07) is 1.02. The molecule has 2 aliphatic heterocycles. The summed E-state index contributed by atoms with van der Waals surface area (Å²) in [6.07, 6.45) is 6.88. The summed E-state index contributed by atoms with van der Waals surface area (Å²) in [5.41, 5.74) is 0. The Morgan fingerprint density at radius 1 is 1.09 bits per heavy atom. The molecule has 5 nitrogen and oxygen atoms in total. The molecule has 0 radical (unpaired) electrons. The molecule has 3 fully saturated rings. The molecule has 1 amide bonds. The second kappa shape index (κ2) is 9.93. The van der Waals surface area contributed by atoms with Gasteiger partial charge in [-0.2, -0.15) is 0 Å². The molecule has 3 aliphatic rings. The van der Waals surface area contributed by atoms with Crippen LogP contribution in [0.4, 0.5) is 0 Å². The lowest BCUT2D eigenvalue weighted by molar-refractivity contribution is -0.140. The molecule has 0 aromatic rings. The second-order valence-electron chi connectivity index (χ2n) is 6.33. The lowest BCUT2D eigenvalue weighted by atomic mass is 10.0. The molecular weight excluding hydrogens is 325 g/mol. The van der Waals surface area contributed by atoms with Gasteiger partial charge in [-0.3, -0.25) is 9.69 Å². The lowest BCUT2D eigenvalue weighted by Gasteiger charge is -2.39. The molecule has 3 rings (SSSR count). The van der Waals surface area contributed by atoms with Gasteiger partial charge in [-0.25, -0.2) is 0 Å². The Morgan fingerprint density at radius 3 is 2.45 bits per heavy atom. The van der Waals surface area contributed by atoms with Gasteiger partial charge in [0, 0.05) is 25.2 Å². The van der Waals surface area contributed by atoms with E-state index in [1.165, 1.54) is 25.7 Å². The van der Waals surface area contributed by atoms with Crippen LogP contribution in [0.15, 0.2) is 0 Å². The van der Waals surface area contributed by atoms with Crippen LogP contribution in [-0.2, 0) is 9.53 Å². The molecule has 1 atom stereocenters. The van der Waals surface area contributed by atoms with Crippen molar-refractivity contribution in [3.05, 3.63) is 0 Å². The molecule has 0 bridgehead atoms. The number of amides is 1. The van der Waals surface area contributed by atoms with E-state index in [9.17, 15) is 4.79 Å². The zero-order chi connectivity index (χ0) is 13.8. The standard InChI is InChI=1S/C15H27N3O2.2ClH/c19-15(17-12-3-1-2-4-12)14-11-18(9-10-20-14)13-5-7-16-8-6-13;;/h12-14,16H,1-11H2,(H,17,19);2*1H. The van der Waals surface area contributed by atoms with Crippen LogP contribution < -0.4 is 10.6 Å². The number of rotatable bonds is 3. The normalized spacial score (nSPS) is 27.7. The number of halogens is 2. The summed E-state index contributed by atoms with van der Waals surface area (Å²) < 4.78 is 5.70. The molecule has 2 N–H and O–H groups in total. The molecule has 130 valence electrons. The van der Waals surface area contributed by atoms with Crippen LogP contribution in [-0.4, -0.2) is 61.8 Å². The second-order valence-corrected chi connectivity index (χ2v) is 6.33. The zero-order valence-electron chi connectivity index (χ0n) is 13.1. The smallest absolute Gasteiger partial charge is 0.250 e. The highest BCUT2D eigenvalue weighted by Gasteiger charge is 2.32. The predicted molar refractivity (Wildman–Crippen MR) is 92.1 cm³/mol. The van der Waals surface area contributed by atoms with E-state index in [0.717, 1.165) is 39.0 Å². The summed E-state index contributed by atoms with van der Waals surface area (Å²) in [7, 11) is 0. The fraction of sp³-hybridized carbons (Fsp3) is 0.933. The van der Waals surface area contributed by atoms with Crippen molar-refractivity contribution in [3.63, 3.8) is 0 Å². The maximum Gasteiger partial charge on any atom is 0.250 e. The number of carbonyl (C=O) groups excluding carboxylic acids is 1. The Kier molecular flexibility index (Phi) is 9.02. The van der Waals surface area contributed by atoms with Gasteiger partial charge in [0.1, 0.15) is 6.10 Å². The van der Waals surface area contributed by atoms with Crippen LogP contribution in [0.1, 0.15) is 38.5 Å². The summed E-state index contributed by atoms with van der Waals surface area (Å²) >= 11 is 0. The van der Waals surface area contributed by atoms with Crippen LogP contribution >= 0.6 is 24.8 Å². The largest absolute Gasteiger partial charge is 0.366 e. The molecule has 0 aromatic heterocycles. The third-order valence-electron chi connectivity index (χ3n) is 4.92. The number of hydrogen-bond acceptors (Lipinski definition) is 4. The quantitative estimate of drug-likeness (QED) is 0.803. The Labute approximate surface area is 145 Å². The van der Waals surface area contributed by atoms with Crippen molar-refractivity contribution in [1.29, 1.82) is 0 Å². The SMILES string of the molecule is Cl.Cl.O=C(NC1CCCC1)C1CN(C2CCNCC2)CCO1. The van der Waals surface area contributed by atoms with Gasteiger partial charge in [-0.1, -0.05) is 12.8 Å². The van der Waals surface area contributed by atoms with Crippen LogP contribution in [0.5, 0.6) is 0 Å². The summed E-state index contributed by atoms with van der Waals surface area (Å²) in [5.74, 6) is 0.107. The summed E-state index contributed by atoms with van der Waals surface area (Å²) in [6.45, 7) is 4.62. The van der Waals surface area contributed by atoms with Crippen molar-refractivity contribution in [1.82, 2.24) is 15.5 Å². The predicted octanol–water partition coefficient (Wildman–Crippen LogP) is 1.34. The summed E-state index contributed by atoms with van der Waals surface area (Å²) in [4.78, 5) is 14.8. The molecule has 0 spiro atoms. The molecule has 2 heterocycles. The van der Waals surface area contributed by atoms with Crippen molar-refractivity contribution in [2.24, 2.45) is 0 Å². The molecule has 7 heteroatoms. The number of hydrogen-bond donors (Lipinski definition) is 2. The molecule has 2 saturated heterocycles. The minimum absolute atomic E-state index is 0. The minimum Gasteiger partial charge on any atom is -0.366 e. The molecule has 1 unspecified atom stereocenters. The number of ether oxygens (including phenoxy) is 1. The van der Waals surface area contributed by atoms with Crippen molar-refractivity contribution >= 4 is 30.7 Å². The van der Waals surface area contributed by atoms with Crippen molar-refractivity contribution in [3.8, 4) is 0 Å². The van der Waals surface area contributed by atoms with Crippen LogP contribution in [0.25, 0.3) is 0 Å². The first-order chi connectivity index (χ1) is 9.83. The van der Waals surface area contributed by atoms with Gasteiger partial charge < -0.3 is 15.4 Å². The molecule has 1 saturated carbocycles. The Morgan fingerprint density at radius 2 is 1.77 bits per heavy atom. The minimum atomic E-state index is -0.265. The molecule has 0 aromatic carbocycles.